The number of amides is 2. The highest BCUT2D eigenvalue weighted by Crippen LogP contribution is 2.14. The zero-order valence-corrected chi connectivity index (χ0v) is 11.9. The Kier molecular flexibility index (Phi) is 5.59. The lowest BCUT2D eigenvalue weighted by atomic mass is 10.0. The summed E-state index contributed by atoms with van der Waals surface area (Å²) >= 11 is 0. The van der Waals surface area contributed by atoms with E-state index in [1.54, 1.807) is 11.9 Å². The van der Waals surface area contributed by atoms with Gasteiger partial charge >= 0.3 is 11.8 Å². The van der Waals surface area contributed by atoms with E-state index in [-0.39, 0.29) is 6.04 Å². The summed E-state index contributed by atoms with van der Waals surface area (Å²) in [5, 5.41) is 2.67. The molecule has 0 aromatic heterocycles. The topological polar surface area (TPSA) is 52.7 Å². The van der Waals surface area contributed by atoms with Crippen LogP contribution in [0.4, 0.5) is 0 Å². The largest absolute Gasteiger partial charge is 0.348 e. The van der Waals surface area contributed by atoms with Crippen molar-refractivity contribution in [3.05, 3.63) is 0 Å². The molecule has 2 amide bonds. The highest BCUT2D eigenvalue weighted by molar-refractivity contribution is 6.35. The van der Waals surface area contributed by atoms with Gasteiger partial charge in [0.05, 0.1) is 0 Å². The third-order valence-electron chi connectivity index (χ3n) is 3.42. The van der Waals surface area contributed by atoms with E-state index in [1.165, 1.54) is 0 Å². The molecule has 1 fully saturated rings. The first-order chi connectivity index (χ1) is 8.41. The summed E-state index contributed by atoms with van der Waals surface area (Å²) in [6, 6.07) is 0.193. The van der Waals surface area contributed by atoms with Crippen molar-refractivity contribution in [2.24, 2.45) is 5.92 Å². The van der Waals surface area contributed by atoms with Crippen molar-refractivity contribution >= 4 is 11.8 Å². The Morgan fingerprint density at radius 1 is 1.33 bits per heavy atom. The van der Waals surface area contributed by atoms with Gasteiger partial charge < -0.3 is 15.1 Å². The van der Waals surface area contributed by atoms with E-state index >= 15 is 0 Å². The van der Waals surface area contributed by atoms with Crippen molar-refractivity contribution in [3.8, 4) is 0 Å². The zero-order chi connectivity index (χ0) is 13.7. The van der Waals surface area contributed by atoms with E-state index in [0.717, 1.165) is 25.9 Å². The van der Waals surface area contributed by atoms with Gasteiger partial charge in [0.25, 0.3) is 0 Å². The fourth-order valence-corrected chi connectivity index (χ4v) is 2.08. The minimum atomic E-state index is -0.481. The van der Waals surface area contributed by atoms with Gasteiger partial charge in [-0.25, -0.2) is 0 Å². The van der Waals surface area contributed by atoms with Gasteiger partial charge in [0.2, 0.25) is 0 Å². The molecule has 0 saturated carbocycles. The van der Waals surface area contributed by atoms with Crippen LogP contribution in [0.1, 0.15) is 26.7 Å². The van der Waals surface area contributed by atoms with E-state index in [9.17, 15) is 9.59 Å². The van der Waals surface area contributed by atoms with Gasteiger partial charge in [0, 0.05) is 19.6 Å². The lowest BCUT2D eigenvalue weighted by molar-refractivity contribution is -0.147. The Morgan fingerprint density at radius 3 is 2.39 bits per heavy atom. The summed E-state index contributed by atoms with van der Waals surface area (Å²) in [6.45, 7) is 6.52. The third-order valence-corrected chi connectivity index (χ3v) is 3.42. The number of likely N-dealkylation sites (N-methyl/N-ethyl adjacent to an activating group) is 1. The number of likely N-dealkylation sites (tertiary alicyclic amines) is 1. The number of hydrogen-bond donors (Lipinski definition) is 1. The minimum Gasteiger partial charge on any atom is -0.348 e. The highest BCUT2D eigenvalue weighted by atomic mass is 16.2. The highest BCUT2D eigenvalue weighted by Gasteiger charge is 2.27. The molecule has 0 aromatic rings. The SMILES string of the molecule is CC(C)CNC(=O)C(=O)N(C)C1CCN(C)CC1. The van der Waals surface area contributed by atoms with Gasteiger partial charge in [0.15, 0.2) is 0 Å². The lowest BCUT2D eigenvalue weighted by Crippen LogP contribution is -2.49. The minimum absolute atomic E-state index is 0.193. The summed E-state index contributed by atoms with van der Waals surface area (Å²) in [6.07, 6.45) is 1.88. The molecule has 18 heavy (non-hydrogen) atoms. The number of nitrogens with one attached hydrogen (secondary N) is 1. The van der Waals surface area contributed by atoms with E-state index in [1.807, 2.05) is 13.8 Å². The molecule has 0 atom stereocenters. The summed E-state index contributed by atoms with van der Waals surface area (Å²) in [7, 11) is 3.81. The summed E-state index contributed by atoms with van der Waals surface area (Å²) in [4.78, 5) is 27.5. The Balaban J connectivity index is 2.42. The molecule has 1 rings (SSSR count). The summed E-state index contributed by atoms with van der Waals surface area (Å²) < 4.78 is 0. The molecule has 5 nitrogen and oxygen atoms in total. The fraction of sp³-hybridized carbons (Fsp3) is 0.846. The number of rotatable bonds is 3. The number of carbonyl (C=O) groups excluding carboxylic acids is 2. The van der Waals surface area contributed by atoms with Crippen LogP contribution in [0.2, 0.25) is 0 Å². The van der Waals surface area contributed by atoms with Crippen LogP contribution in [0, 0.1) is 5.92 Å². The van der Waals surface area contributed by atoms with Crippen molar-refractivity contribution < 1.29 is 9.59 Å². The van der Waals surface area contributed by atoms with Crippen molar-refractivity contribution in [1.29, 1.82) is 0 Å². The first-order valence-electron chi connectivity index (χ1n) is 6.65. The first kappa shape index (κ1) is 15.0. The average Bonchev–Trinajstić information content (AvgIpc) is 2.35. The van der Waals surface area contributed by atoms with Crippen LogP contribution in [-0.4, -0.2) is 61.4 Å². The molecule has 0 radical (unpaired) electrons. The van der Waals surface area contributed by atoms with Gasteiger partial charge in [-0.2, -0.15) is 0 Å². The van der Waals surface area contributed by atoms with Crippen molar-refractivity contribution in [2.75, 3.05) is 33.7 Å². The van der Waals surface area contributed by atoms with Crippen LogP contribution < -0.4 is 5.32 Å². The number of hydrogen-bond acceptors (Lipinski definition) is 3. The molecule has 0 bridgehead atoms. The maximum absolute atomic E-state index is 11.9. The van der Waals surface area contributed by atoms with E-state index in [2.05, 4.69) is 17.3 Å². The van der Waals surface area contributed by atoms with E-state index in [4.69, 9.17) is 0 Å². The van der Waals surface area contributed by atoms with Gasteiger partial charge in [0.1, 0.15) is 0 Å². The second-order valence-corrected chi connectivity index (χ2v) is 5.55. The van der Waals surface area contributed by atoms with E-state index in [0.29, 0.717) is 12.5 Å². The third kappa shape index (κ3) is 4.29. The van der Waals surface area contributed by atoms with Crippen molar-refractivity contribution in [1.82, 2.24) is 15.1 Å². The first-order valence-corrected chi connectivity index (χ1v) is 6.65. The number of carbonyl (C=O) groups is 2. The van der Waals surface area contributed by atoms with Gasteiger partial charge in [-0.3, -0.25) is 9.59 Å². The molecule has 0 unspecified atom stereocenters. The van der Waals surface area contributed by atoms with Gasteiger partial charge in [-0.05, 0) is 38.9 Å². The van der Waals surface area contributed by atoms with Crippen LogP contribution in [-0.2, 0) is 9.59 Å². The molecule has 1 aliphatic heterocycles. The molecular formula is C13H25N3O2. The maximum Gasteiger partial charge on any atom is 0.311 e. The second kappa shape index (κ2) is 6.73. The van der Waals surface area contributed by atoms with Crippen LogP contribution in [0.5, 0.6) is 0 Å². The van der Waals surface area contributed by atoms with Crippen LogP contribution in [0.25, 0.3) is 0 Å². The molecule has 1 saturated heterocycles. The predicted molar refractivity (Wildman–Crippen MR) is 71.1 cm³/mol. The van der Waals surface area contributed by atoms with Gasteiger partial charge in [-0.15, -0.1) is 0 Å². The standard InChI is InChI=1S/C13H25N3O2/c1-10(2)9-14-12(17)13(18)16(4)11-5-7-15(3)8-6-11/h10-11H,5-9H2,1-4H3,(H,14,17). The molecule has 0 aliphatic carbocycles. The summed E-state index contributed by atoms with van der Waals surface area (Å²) in [5.74, 6) is -0.536. The normalized spacial score (nSPS) is 17.8. The molecule has 1 N–H and O–H groups in total. The average molecular weight is 255 g/mol. The quantitative estimate of drug-likeness (QED) is 0.739. The molecule has 5 heteroatoms. The molecule has 0 aromatic carbocycles. The molecule has 104 valence electrons. The second-order valence-electron chi connectivity index (χ2n) is 5.55. The van der Waals surface area contributed by atoms with Crippen molar-refractivity contribution in [3.63, 3.8) is 0 Å². The molecule has 0 spiro atoms. The van der Waals surface area contributed by atoms with Crippen LogP contribution in [0.3, 0.4) is 0 Å². The van der Waals surface area contributed by atoms with Crippen molar-refractivity contribution in [2.45, 2.75) is 32.7 Å². The smallest absolute Gasteiger partial charge is 0.311 e. The van der Waals surface area contributed by atoms with Crippen LogP contribution >= 0.6 is 0 Å². The van der Waals surface area contributed by atoms with Crippen LogP contribution in [0.15, 0.2) is 0 Å². The number of piperidine rings is 1. The summed E-state index contributed by atoms with van der Waals surface area (Å²) in [5.41, 5.74) is 0. The Labute approximate surface area is 110 Å². The van der Waals surface area contributed by atoms with Gasteiger partial charge in [-0.1, -0.05) is 13.8 Å². The van der Waals surface area contributed by atoms with E-state index < -0.39 is 11.8 Å². The molecule has 1 heterocycles. The maximum atomic E-state index is 11.9. The molecule has 1 aliphatic rings. The Bertz CT molecular complexity index is 297. The fourth-order valence-electron chi connectivity index (χ4n) is 2.08. The number of nitrogens with zero attached hydrogens (tertiary/aromatic N) is 2. The monoisotopic (exact) mass is 255 g/mol. The Morgan fingerprint density at radius 2 is 1.89 bits per heavy atom. The predicted octanol–water partition coefficient (Wildman–Crippen LogP) is 0.311. The lowest BCUT2D eigenvalue weighted by Gasteiger charge is -2.34. The Hall–Kier alpha value is -1.10. The zero-order valence-electron chi connectivity index (χ0n) is 11.9. The molecular weight excluding hydrogens is 230 g/mol.